The second kappa shape index (κ2) is 8.70. The standard InChI is InChI=1S/C16H22F4N2.2ClH/c1-15(2,3)14(22-8-6-21-7-9-22)12-5-4-11(10-13(12)17)16(18,19)20;;/h4-5,10,14,21H,6-9H2,1-3H3;2*1H/t14-;;/m0../s1. The predicted molar refractivity (Wildman–Crippen MR) is 92.5 cm³/mol. The minimum Gasteiger partial charge on any atom is -0.314 e. The topological polar surface area (TPSA) is 15.3 Å². The number of alkyl halides is 3. The molecule has 24 heavy (non-hydrogen) atoms. The number of benzene rings is 1. The van der Waals surface area contributed by atoms with Crippen LogP contribution in [0.1, 0.15) is 37.9 Å². The molecule has 1 aromatic carbocycles. The van der Waals surface area contributed by atoms with Crippen LogP contribution in [0.15, 0.2) is 18.2 Å². The number of rotatable bonds is 2. The van der Waals surface area contributed by atoms with E-state index in [2.05, 4.69) is 10.2 Å². The molecule has 8 heteroatoms. The lowest BCUT2D eigenvalue weighted by Crippen LogP contribution is -2.48. The van der Waals surface area contributed by atoms with E-state index in [4.69, 9.17) is 0 Å². The van der Waals surface area contributed by atoms with Crippen LogP contribution in [0.4, 0.5) is 17.6 Å². The number of piperazine rings is 1. The molecule has 2 rings (SSSR count). The van der Waals surface area contributed by atoms with E-state index in [1.807, 2.05) is 20.8 Å². The number of halogens is 6. The van der Waals surface area contributed by atoms with Crippen LogP contribution < -0.4 is 5.32 Å². The van der Waals surface area contributed by atoms with E-state index in [1.54, 1.807) is 0 Å². The summed E-state index contributed by atoms with van der Waals surface area (Å²) in [4.78, 5) is 2.14. The SMILES string of the molecule is CC(C)(C)[C@H](c1ccc(C(F)(F)F)cc1F)N1CCNCC1.Cl.Cl. The normalized spacial score (nSPS) is 17.6. The van der Waals surface area contributed by atoms with Crippen LogP contribution in [0.2, 0.25) is 0 Å². The summed E-state index contributed by atoms with van der Waals surface area (Å²) >= 11 is 0. The lowest BCUT2D eigenvalue weighted by molar-refractivity contribution is -0.137. The minimum absolute atomic E-state index is 0. The van der Waals surface area contributed by atoms with E-state index in [1.165, 1.54) is 6.07 Å². The Morgan fingerprint density at radius 2 is 1.58 bits per heavy atom. The molecule has 0 aromatic heterocycles. The van der Waals surface area contributed by atoms with Gasteiger partial charge in [0.25, 0.3) is 0 Å². The van der Waals surface area contributed by atoms with Gasteiger partial charge in [-0.3, -0.25) is 4.90 Å². The summed E-state index contributed by atoms with van der Waals surface area (Å²) in [5.41, 5.74) is -0.887. The van der Waals surface area contributed by atoms with Crippen molar-refractivity contribution in [3.8, 4) is 0 Å². The molecule has 0 spiro atoms. The summed E-state index contributed by atoms with van der Waals surface area (Å²) in [6.07, 6.45) is -4.52. The van der Waals surface area contributed by atoms with Crippen LogP contribution in [0.3, 0.4) is 0 Å². The predicted octanol–water partition coefficient (Wildman–Crippen LogP) is 4.68. The van der Waals surface area contributed by atoms with Crippen molar-refractivity contribution >= 4 is 24.8 Å². The number of hydrogen-bond acceptors (Lipinski definition) is 2. The van der Waals surface area contributed by atoms with Gasteiger partial charge in [-0.25, -0.2) is 4.39 Å². The smallest absolute Gasteiger partial charge is 0.314 e. The number of hydrogen-bond donors (Lipinski definition) is 1. The molecule has 0 bridgehead atoms. The molecule has 0 unspecified atom stereocenters. The zero-order chi connectivity index (χ0) is 16.5. The Labute approximate surface area is 152 Å². The molecule has 1 atom stereocenters. The van der Waals surface area contributed by atoms with Crippen LogP contribution in [0.25, 0.3) is 0 Å². The highest BCUT2D eigenvalue weighted by Gasteiger charge is 2.36. The molecule has 0 aliphatic carbocycles. The summed E-state index contributed by atoms with van der Waals surface area (Å²) < 4.78 is 52.5. The lowest BCUT2D eigenvalue weighted by Gasteiger charge is -2.42. The van der Waals surface area contributed by atoms with Crippen LogP contribution in [0, 0.1) is 11.2 Å². The molecule has 1 N–H and O–H groups in total. The van der Waals surface area contributed by atoms with E-state index in [-0.39, 0.29) is 36.3 Å². The second-order valence-corrected chi connectivity index (χ2v) is 6.79. The summed E-state index contributed by atoms with van der Waals surface area (Å²) in [5.74, 6) is -0.784. The summed E-state index contributed by atoms with van der Waals surface area (Å²) in [6.45, 7) is 9.05. The maximum atomic E-state index is 14.4. The van der Waals surface area contributed by atoms with Crippen molar-refractivity contribution in [1.82, 2.24) is 10.2 Å². The molecule has 0 radical (unpaired) electrons. The average molecular weight is 391 g/mol. The molecule has 1 aliphatic rings. The maximum absolute atomic E-state index is 14.4. The third-order valence-corrected chi connectivity index (χ3v) is 3.96. The van der Waals surface area contributed by atoms with Crippen molar-refractivity contribution in [2.45, 2.75) is 33.0 Å². The Bertz CT molecular complexity index is 524. The van der Waals surface area contributed by atoms with Crippen molar-refractivity contribution < 1.29 is 17.6 Å². The van der Waals surface area contributed by atoms with Crippen LogP contribution in [-0.4, -0.2) is 31.1 Å². The van der Waals surface area contributed by atoms with Crippen molar-refractivity contribution in [3.05, 3.63) is 35.1 Å². The molecular weight excluding hydrogens is 367 g/mol. The van der Waals surface area contributed by atoms with Crippen molar-refractivity contribution in [1.29, 1.82) is 0 Å². The second-order valence-electron chi connectivity index (χ2n) is 6.79. The van der Waals surface area contributed by atoms with Gasteiger partial charge in [0.2, 0.25) is 0 Å². The largest absolute Gasteiger partial charge is 0.416 e. The molecule has 1 fully saturated rings. The molecule has 0 amide bonds. The van der Waals surface area contributed by atoms with E-state index in [0.29, 0.717) is 11.6 Å². The fraction of sp³-hybridized carbons (Fsp3) is 0.625. The van der Waals surface area contributed by atoms with Crippen molar-refractivity contribution in [2.24, 2.45) is 5.41 Å². The van der Waals surface area contributed by atoms with E-state index >= 15 is 0 Å². The summed E-state index contributed by atoms with van der Waals surface area (Å²) in [6, 6.07) is 2.61. The molecule has 1 saturated heterocycles. The summed E-state index contributed by atoms with van der Waals surface area (Å²) in [5, 5.41) is 3.23. The minimum atomic E-state index is -4.52. The van der Waals surface area contributed by atoms with Gasteiger partial charge in [-0.1, -0.05) is 26.8 Å². The summed E-state index contributed by atoms with van der Waals surface area (Å²) in [7, 11) is 0. The third-order valence-electron chi connectivity index (χ3n) is 3.96. The van der Waals surface area contributed by atoms with E-state index in [0.717, 1.165) is 32.2 Å². The fourth-order valence-electron chi connectivity index (χ4n) is 3.08. The van der Waals surface area contributed by atoms with E-state index in [9.17, 15) is 17.6 Å². The Kier molecular flexibility index (Phi) is 8.49. The molecule has 0 saturated carbocycles. The first-order chi connectivity index (χ1) is 10.1. The first kappa shape index (κ1) is 23.4. The molecule has 1 heterocycles. The van der Waals surface area contributed by atoms with Gasteiger partial charge in [0.15, 0.2) is 0 Å². The van der Waals surface area contributed by atoms with Gasteiger partial charge >= 0.3 is 6.18 Å². The van der Waals surface area contributed by atoms with Gasteiger partial charge in [-0.05, 0) is 17.5 Å². The van der Waals surface area contributed by atoms with Gasteiger partial charge in [0, 0.05) is 37.8 Å². The Balaban J connectivity index is 0.00000264. The van der Waals surface area contributed by atoms with Gasteiger partial charge in [0.1, 0.15) is 5.82 Å². The monoisotopic (exact) mass is 390 g/mol. The van der Waals surface area contributed by atoms with E-state index < -0.39 is 17.6 Å². The quantitative estimate of drug-likeness (QED) is 0.737. The van der Waals surface area contributed by atoms with Crippen molar-refractivity contribution in [3.63, 3.8) is 0 Å². The highest BCUT2D eigenvalue weighted by molar-refractivity contribution is 5.85. The molecule has 1 aromatic rings. The Morgan fingerprint density at radius 3 is 2.00 bits per heavy atom. The first-order valence-electron chi connectivity index (χ1n) is 7.42. The molecule has 2 nitrogen and oxygen atoms in total. The Hall–Kier alpha value is -0.560. The third kappa shape index (κ3) is 5.48. The maximum Gasteiger partial charge on any atom is 0.416 e. The van der Waals surface area contributed by atoms with Crippen LogP contribution in [-0.2, 0) is 6.18 Å². The molecule has 1 aliphatic heterocycles. The zero-order valence-corrected chi connectivity index (χ0v) is 15.5. The highest BCUT2D eigenvalue weighted by atomic mass is 35.5. The van der Waals surface area contributed by atoms with Gasteiger partial charge < -0.3 is 5.32 Å². The van der Waals surface area contributed by atoms with Gasteiger partial charge in [0.05, 0.1) is 5.56 Å². The number of nitrogens with one attached hydrogen (secondary N) is 1. The highest BCUT2D eigenvalue weighted by Crippen LogP contribution is 2.40. The van der Waals surface area contributed by atoms with Gasteiger partial charge in [-0.2, -0.15) is 13.2 Å². The number of nitrogens with zero attached hydrogens (tertiary/aromatic N) is 1. The van der Waals surface area contributed by atoms with Crippen molar-refractivity contribution in [2.75, 3.05) is 26.2 Å². The average Bonchev–Trinajstić information content (AvgIpc) is 2.39. The first-order valence-corrected chi connectivity index (χ1v) is 7.42. The fourth-order valence-corrected chi connectivity index (χ4v) is 3.08. The Morgan fingerprint density at radius 1 is 1.04 bits per heavy atom. The lowest BCUT2D eigenvalue weighted by atomic mass is 9.80. The molecule has 140 valence electrons. The van der Waals surface area contributed by atoms with Crippen LogP contribution >= 0.6 is 24.8 Å². The van der Waals surface area contributed by atoms with Crippen LogP contribution in [0.5, 0.6) is 0 Å². The zero-order valence-electron chi connectivity index (χ0n) is 13.9. The van der Waals surface area contributed by atoms with Gasteiger partial charge in [-0.15, -0.1) is 24.8 Å². The molecular formula is C16H24Cl2F4N2.